The zero-order valence-electron chi connectivity index (χ0n) is 13.8. The first-order valence-electron chi connectivity index (χ1n) is 8.78. The van der Waals surface area contributed by atoms with Crippen LogP contribution in [0.1, 0.15) is 25.0 Å². The molecule has 2 saturated heterocycles. The van der Waals surface area contributed by atoms with Gasteiger partial charge in [0.2, 0.25) is 5.66 Å². The highest BCUT2D eigenvalue weighted by Gasteiger charge is 2.53. The van der Waals surface area contributed by atoms with Crippen molar-refractivity contribution in [3.05, 3.63) is 24.0 Å². The van der Waals surface area contributed by atoms with Gasteiger partial charge in [0.25, 0.3) is 0 Å². The Balaban J connectivity index is 1.55. The Kier molecular flexibility index (Phi) is 4.14. The second-order valence-electron chi connectivity index (χ2n) is 6.95. The van der Waals surface area contributed by atoms with Gasteiger partial charge in [0.05, 0.1) is 12.3 Å². The molecule has 4 heterocycles. The molecule has 4 rings (SSSR count). The molecule has 0 bridgehead atoms. The molecule has 3 aliphatic rings. The van der Waals surface area contributed by atoms with Gasteiger partial charge in [-0.3, -0.25) is 9.88 Å². The largest absolute Gasteiger partial charge is 0.395 e. The first-order valence-corrected chi connectivity index (χ1v) is 8.78. The number of nitriles is 1. The number of hydrogen-bond acceptors (Lipinski definition) is 7. The third kappa shape index (κ3) is 2.38. The summed E-state index contributed by atoms with van der Waals surface area (Å²) in [6, 6.07) is 6.69. The summed E-state index contributed by atoms with van der Waals surface area (Å²) in [6.45, 7) is 3.94. The molecule has 2 fully saturated rings. The average Bonchev–Trinajstić information content (AvgIpc) is 2.95. The van der Waals surface area contributed by atoms with Gasteiger partial charge in [-0.05, 0) is 43.9 Å². The maximum atomic E-state index is 9.97. The van der Waals surface area contributed by atoms with Crippen LogP contribution >= 0.6 is 0 Å². The fraction of sp³-hybridized carbons (Fsp3) is 0.647. The minimum atomic E-state index is -0.876. The van der Waals surface area contributed by atoms with Crippen molar-refractivity contribution in [3.63, 3.8) is 0 Å². The molecule has 0 aromatic carbocycles. The molecule has 0 radical (unpaired) electrons. The van der Waals surface area contributed by atoms with Crippen molar-refractivity contribution in [1.82, 2.24) is 20.2 Å². The Labute approximate surface area is 142 Å². The number of nitrogens with zero attached hydrogens (tertiary/aromatic N) is 4. The molecule has 128 valence electrons. The van der Waals surface area contributed by atoms with E-state index >= 15 is 0 Å². The molecule has 0 saturated carbocycles. The molecule has 0 amide bonds. The van der Waals surface area contributed by atoms with Crippen LogP contribution in [0.4, 0.5) is 5.69 Å². The molecule has 0 spiro atoms. The van der Waals surface area contributed by atoms with Crippen LogP contribution in [0.15, 0.2) is 18.3 Å². The number of hydrogen-bond donors (Lipinski definition) is 3. The Hall–Kier alpha value is -1.72. The lowest BCUT2D eigenvalue weighted by Gasteiger charge is -2.53. The number of likely N-dealkylation sites (tertiary alicyclic amines) is 2. The lowest BCUT2D eigenvalue weighted by molar-refractivity contribution is -0.0584. The third-order valence-corrected chi connectivity index (χ3v) is 5.69. The van der Waals surface area contributed by atoms with Crippen LogP contribution in [0.3, 0.4) is 0 Å². The average molecular weight is 328 g/mol. The van der Waals surface area contributed by atoms with Gasteiger partial charge >= 0.3 is 0 Å². The minimum absolute atomic E-state index is 0.214. The molecular weight excluding hydrogens is 304 g/mol. The third-order valence-electron chi connectivity index (χ3n) is 5.69. The monoisotopic (exact) mass is 328 g/mol. The van der Waals surface area contributed by atoms with Crippen molar-refractivity contribution in [2.45, 2.75) is 31.0 Å². The molecule has 0 aliphatic carbocycles. The number of nitrogens with one attached hydrogen (secondary N) is 2. The number of piperidine rings is 1. The fourth-order valence-corrected chi connectivity index (χ4v) is 4.43. The Morgan fingerprint density at radius 3 is 3.08 bits per heavy atom. The molecule has 1 aromatic rings. The zero-order valence-corrected chi connectivity index (χ0v) is 13.8. The molecule has 1 aromatic heterocycles. The van der Waals surface area contributed by atoms with Gasteiger partial charge in [-0.2, -0.15) is 10.7 Å². The van der Waals surface area contributed by atoms with Crippen LogP contribution in [-0.2, 0) is 5.66 Å². The van der Waals surface area contributed by atoms with E-state index in [1.54, 1.807) is 6.20 Å². The number of aliphatic hydroxyl groups excluding tert-OH is 1. The summed E-state index contributed by atoms with van der Waals surface area (Å²) in [5.74, 6) is 0.541. The van der Waals surface area contributed by atoms with Crippen molar-refractivity contribution in [2.75, 3.05) is 38.2 Å². The van der Waals surface area contributed by atoms with E-state index in [1.165, 1.54) is 6.42 Å². The number of aliphatic hydroxyl groups is 1. The van der Waals surface area contributed by atoms with Crippen molar-refractivity contribution >= 4 is 5.69 Å². The highest BCUT2D eigenvalue weighted by Crippen LogP contribution is 2.42. The molecule has 7 heteroatoms. The molecule has 3 atom stereocenters. The fourth-order valence-electron chi connectivity index (χ4n) is 4.43. The van der Waals surface area contributed by atoms with Gasteiger partial charge < -0.3 is 15.4 Å². The number of anilines is 1. The smallest absolute Gasteiger partial charge is 0.223 e. The second-order valence-corrected chi connectivity index (χ2v) is 6.95. The number of aromatic nitrogens is 1. The van der Waals surface area contributed by atoms with E-state index < -0.39 is 5.66 Å². The van der Waals surface area contributed by atoms with Crippen LogP contribution < -0.4 is 10.9 Å². The SMILES string of the molecule is N#CC1(N2CCC2[C@@H]2CCCN(CCO)C2)NNc2cccnc21. The van der Waals surface area contributed by atoms with E-state index in [0.717, 1.165) is 50.4 Å². The first kappa shape index (κ1) is 15.8. The molecule has 2 unspecified atom stereocenters. The van der Waals surface area contributed by atoms with E-state index in [9.17, 15) is 10.4 Å². The number of hydrazine groups is 1. The van der Waals surface area contributed by atoms with Gasteiger partial charge in [-0.1, -0.05) is 0 Å². The normalized spacial score (nSPS) is 33.3. The van der Waals surface area contributed by atoms with Gasteiger partial charge in [0.1, 0.15) is 11.8 Å². The van der Waals surface area contributed by atoms with Gasteiger partial charge in [0, 0.05) is 31.9 Å². The predicted octanol–water partition coefficient (Wildman–Crippen LogP) is 0.467. The lowest BCUT2D eigenvalue weighted by atomic mass is 9.81. The summed E-state index contributed by atoms with van der Waals surface area (Å²) in [5, 5.41) is 19.2. The van der Waals surface area contributed by atoms with Crippen LogP contribution in [0, 0.1) is 17.2 Å². The van der Waals surface area contributed by atoms with E-state index in [0.29, 0.717) is 12.0 Å². The highest BCUT2D eigenvalue weighted by atomic mass is 16.3. The minimum Gasteiger partial charge on any atom is -0.395 e. The van der Waals surface area contributed by atoms with E-state index in [4.69, 9.17) is 0 Å². The Bertz CT molecular complexity index is 644. The summed E-state index contributed by atoms with van der Waals surface area (Å²) in [4.78, 5) is 9.09. The Morgan fingerprint density at radius 2 is 2.33 bits per heavy atom. The number of pyridine rings is 1. The number of β-amino-alcohol motifs (C(OH)–C–C–N with tert-alkyl or cyclic N) is 1. The van der Waals surface area contributed by atoms with Gasteiger partial charge in [-0.15, -0.1) is 0 Å². The van der Waals surface area contributed by atoms with Gasteiger partial charge in [-0.25, -0.2) is 0 Å². The molecule has 3 aliphatic heterocycles. The second kappa shape index (κ2) is 6.30. The maximum Gasteiger partial charge on any atom is 0.223 e. The van der Waals surface area contributed by atoms with Gasteiger partial charge in [0.15, 0.2) is 0 Å². The summed E-state index contributed by atoms with van der Waals surface area (Å²) >= 11 is 0. The van der Waals surface area contributed by atoms with Crippen molar-refractivity contribution < 1.29 is 5.11 Å². The standard InChI is InChI=1S/C17H24N6O/c18-12-17(16-14(20-21-17)4-1-6-19-16)23-8-5-15(23)13-3-2-7-22(11-13)9-10-24/h1,4,6,13,15,20-21,24H,2-3,5,7-11H2/t13-,15?,17?/m1/s1. The highest BCUT2D eigenvalue weighted by molar-refractivity contribution is 5.57. The molecular formula is C17H24N6O. The van der Waals surface area contributed by atoms with Crippen LogP contribution in [0.2, 0.25) is 0 Å². The molecule has 24 heavy (non-hydrogen) atoms. The topological polar surface area (TPSA) is 87.5 Å². The van der Waals surface area contributed by atoms with Crippen LogP contribution in [-0.4, -0.2) is 58.7 Å². The summed E-state index contributed by atoms with van der Waals surface area (Å²) < 4.78 is 0. The zero-order chi connectivity index (χ0) is 16.6. The maximum absolute atomic E-state index is 9.97. The van der Waals surface area contributed by atoms with E-state index in [2.05, 4.69) is 31.7 Å². The number of fused-ring (bicyclic) bond motifs is 1. The Morgan fingerprint density at radius 1 is 1.42 bits per heavy atom. The van der Waals surface area contributed by atoms with Crippen molar-refractivity contribution in [2.24, 2.45) is 5.92 Å². The molecule has 7 nitrogen and oxygen atoms in total. The van der Waals surface area contributed by atoms with E-state index in [-0.39, 0.29) is 6.61 Å². The van der Waals surface area contributed by atoms with Crippen molar-refractivity contribution in [1.29, 1.82) is 5.26 Å². The summed E-state index contributed by atoms with van der Waals surface area (Å²) in [5.41, 5.74) is 7.10. The quantitative estimate of drug-likeness (QED) is 0.740. The molecule has 3 N–H and O–H groups in total. The summed E-state index contributed by atoms with van der Waals surface area (Å²) in [7, 11) is 0. The van der Waals surface area contributed by atoms with E-state index in [1.807, 2.05) is 12.1 Å². The van der Waals surface area contributed by atoms with Crippen molar-refractivity contribution in [3.8, 4) is 6.07 Å². The van der Waals surface area contributed by atoms with Crippen LogP contribution in [0.5, 0.6) is 0 Å². The lowest BCUT2D eigenvalue weighted by Crippen LogP contribution is -2.66. The predicted molar refractivity (Wildman–Crippen MR) is 89.6 cm³/mol. The van der Waals surface area contributed by atoms with Crippen LogP contribution in [0.25, 0.3) is 0 Å². The first-order chi connectivity index (χ1) is 11.8. The number of rotatable bonds is 4. The summed E-state index contributed by atoms with van der Waals surface area (Å²) in [6.07, 6.45) is 5.21.